The van der Waals surface area contributed by atoms with Crippen LogP contribution in [0.25, 0.3) is 56.3 Å². The number of hydrogen-bond donors (Lipinski definition) is 8. The van der Waals surface area contributed by atoms with Crippen molar-refractivity contribution in [3.05, 3.63) is 183 Å². The summed E-state index contributed by atoms with van der Waals surface area (Å²) in [5.41, 5.74) is 38.3. The molecule has 0 bridgehead atoms. The predicted molar refractivity (Wildman–Crippen MR) is 429 cm³/mol. The highest BCUT2D eigenvalue weighted by molar-refractivity contribution is 6.46. The molecule has 3 aliphatic carbocycles. The Bertz CT molecular complexity index is 4430. The van der Waals surface area contributed by atoms with Crippen LogP contribution in [0, 0.1) is 35.0 Å². The summed E-state index contributed by atoms with van der Waals surface area (Å²) in [5.74, 6) is 6.89. The number of aromatic nitrogens is 10. The molecular weight excluding hydrogens is 1500 g/mol. The van der Waals surface area contributed by atoms with E-state index in [0.717, 1.165) is 100 Å². The van der Waals surface area contributed by atoms with Gasteiger partial charge in [0.05, 0.1) is 78.7 Å². The monoisotopic (exact) mass is 1570 g/mol. The van der Waals surface area contributed by atoms with Gasteiger partial charge >= 0.3 is 0 Å². The van der Waals surface area contributed by atoms with E-state index < -0.39 is 0 Å². The van der Waals surface area contributed by atoms with Crippen molar-refractivity contribution in [2.75, 3.05) is 57.7 Å². The molecule has 5 heterocycles. The third-order valence-corrected chi connectivity index (χ3v) is 20.5. The van der Waals surface area contributed by atoms with Gasteiger partial charge in [-0.2, -0.15) is 15.0 Å². The largest absolute Gasteiger partial charge is 0.370 e. The van der Waals surface area contributed by atoms with Crippen molar-refractivity contribution < 1.29 is 0 Å². The smallest absolute Gasteiger partial charge is 0.222 e. The Balaban J connectivity index is 0.000000148. The number of anilines is 8. The van der Waals surface area contributed by atoms with Crippen molar-refractivity contribution in [1.82, 2.24) is 49.8 Å². The molecule has 13 rings (SSSR count). The molecule has 18 nitrogen and oxygen atoms in total. The molecule has 0 spiro atoms. The molecule has 3 fully saturated rings. The summed E-state index contributed by atoms with van der Waals surface area (Å²) in [6, 6.07) is 36.9. The molecule has 0 aliphatic heterocycles. The molecule has 0 radical (unpaired) electrons. The average molecular weight is 1580 g/mol. The van der Waals surface area contributed by atoms with Crippen LogP contribution < -0.4 is 44.6 Å². The van der Waals surface area contributed by atoms with Crippen LogP contribution in [0.15, 0.2) is 121 Å². The number of nitrogens with zero attached hydrogens (tertiary/aromatic N) is 10. The van der Waals surface area contributed by atoms with Crippen molar-refractivity contribution in [3.63, 3.8) is 0 Å². The van der Waals surface area contributed by atoms with Gasteiger partial charge in [0, 0.05) is 76.5 Å². The molecule has 5 aromatic heterocycles. The number of hydrogen-bond acceptors (Lipinski definition) is 18. The number of halogens is 10. The molecule has 10 aromatic rings. The fourth-order valence-electron chi connectivity index (χ4n) is 10.6. The van der Waals surface area contributed by atoms with E-state index in [1.807, 2.05) is 98.8 Å². The quantitative estimate of drug-likeness (QED) is 0.0396. The van der Waals surface area contributed by atoms with E-state index in [0.29, 0.717) is 90.8 Å². The van der Waals surface area contributed by atoms with Gasteiger partial charge in [0.1, 0.15) is 17.5 Å². The maximum Gasteiger partial charge on any atom is 0.222 e. The van der Waals surface area contributed by atoms with Gasteiger partial charge in [0.15, 0.2) is 0 Å². The first kappa shape index (κ1) is 78.9. The van der Waals surface area contributed by atoms with Crippen LogP contribution >= 0.6 is 116 Å². The molecule has 0 unspecified atom stereocenters. The Morgan fingerprint density at radius 2 is 0.657 bits per heavy atom. The van der Waals surface area contributed by atoms with Crippen molar-refractivity contribution in [2.24, 2.45) is 35.0 Å². The molecule has 0 amide bonds. The third-order valence-electron chi connectivity index (χ3n) is 16.4. The Morgan fingerprint density at radius 3 is 0.951 bits per heavy atom. The van der Waals surface area contributed by atoms with E-state index in [1.54, 1.807) is 36.4 Å². The Kier molecular flexibility index (Phi) is 27.9. The average Bonchev–Trinajstić information content (AvgIpc) is 1.54. The van der Waals surface area contributed by atoms with E-state index in [-0.39, 0.29) is 41.2 Å². The maximum absolute atomic E-state index is 6.27. The summed E-state index contributed by atoms with van der Waals surface area (Å²) in [5, 5.41) is 14.6. The Hall–Kier alpha value is -7.20. The summed E-state index contributed by atoms with van der Waals surface area (Å²) in [7, 11) is 0. The molecule has 0 saturated heterocycles. The second-order valence-corrected chi connectivity index (χ2v) is 30.7. The topological polar surface area (TPSA) is 295 Å². The van der Waals surface area contributed by atoms with E-state index >= 15 is 0 Å². The first-order valence-electron chi connectivity index (χ1n) is 33.1. The second-order valence-electron chi connectivity index (χ2n) is 26.8. The molecule has 3 saturated carbocycles. The normalized spacial score (nSPS) is 13.7. The third kappa shape index (κ3) is 23.4. The maximum atomic E-state index is 6.27. The van der Waals surface area contributed by atoms with Crippen molar-refractivity contribution >= 4 is 163 Å². The highest BCUT2D eigenvalue weighted by Crippen LogP contribution is 2.42. The van der Waals surface area contributed by atoms with Crippen LogP contribution in [0.1, 0.15) is 98.4 Å². The summed E-state index contributed by atoms with van der Waals surface area (Å²) in [6.07, 6.45) is 9.71. The predicted octanol–water partition coefficient (Wildman–Crippen LogP) is 21.4. The van der Waals surface area contributed by atoms with Gasteiger partial charge in [0.2, 0.25) is 29.7 Å². The second kappa shape index (κ2) is 36.0. The van der Waals surface area contributed by atoms with Crippen LogP contribution in [-0.4, -0.2) is 69.0 Å². The minimum Gasteiger partial charge on any atom is -0.370 e. The van der Waals surface area contributed by atoms with E-state index in [2.05, 4.69) is 100 Å². The Labute approximate surface area is 645 Å². The summed E-state index contributed by atoms with van der Waals surface area (Å²) < 4.78 is 0. The molecule has 5 aromatic carbocycles. The van der Waals surface area contributed by atoms with E-state index in [1.165, 1.54) is 38.5 Å². The van der Waals surface area contributed by atoms with Gasteiger partial charge in [-0.15, -0.1) is 0 Å². The van der Waals surface area contributed by atoms with Crippen molar-refractivity contribution in [2.45, 2.75) is 106 Å². The van der Waals surface area contributed by atoms with Gasteiger partial charge in [-0.1, -0.05) is 211 Å². The standard InChI is InChI=1S/2C16H17Cl2N3.C15H18Cl2N4.C14H14Cl2N4.C13H14Cl2N4/c2*1-9(10-5-6-10)7-11-8-14(21-16(19)20-11)12-3-2-4-13(17)15(12)18;1-15(2,3)8-19-12-7-11(20-14(18)21-12)9-5-4-6-10(16)13(9)17;15-10-3-1-2-9(13(10)16)11-6-12(20-14(17)19-11)18-7-8-4-5-8;1-7(2)17-11-6-10(18-13(16)19-11)8-4-3-5-9(14)12(8)15/h2*2-4,8-10H,5-7H2,1H3,(H2,19,20,21);4-7H,8H2,1-3H3,(H3,18,19,20,21);1-3,6,8H,4-5,7H2,(H3,17,18,19,20);3-7H,1-2H3,(H3,16,17,18,19)/t2*9-;;;/m10.../s1. The lowest BCUT2D eigenvalue weighted by molar-refractivity contribution is 0.442. The highest BCUT2D eigenvalue weighted by Gasteiger charge is 2.30. The molecule has 28 heteroatoms. The van der Waals surface area contributed by atoms with Gasteiger partial charge < -0.3 is 44.6 Å². The van der Waals surface area contributed by atoms with Crippen LogP contribution in [0.4, 0.5) is 47.2 Å². The molecule has 536 valence electrons. The zero-order chi connectivity index (χ0) is 73.7. The molecule has 102 heavy (non-hydrogen) atoms. The SMILES string of the molecule is CC(C)(C)CNc1cc(-c2cccc(Cl)c2Cl)nc(N)n1.CC(C)Nc1cc(-c2cccc(Cl)c2Cl)nc(N)n1.C[C@@H](Cc1cc(-c2cccc(Cl)c2Cl)nc(N)n1)C1CC1.C[C@H](Cc1cc(-c2cccc(Cl)c2Cl)nc(N)n1)C1CC1.Nc1nc(NCC2CC2)cc(-c2cccc(Cl)c2Cl)n1. The fraction of sp³-hybridized carbons (Fsp3) is 0.324. The number of benzene rings is 5. The van der Waals surface area contributed by atoms with E-state index in [9.17, 15) is 0 Å². The molecule has 3 aliphatic rings. The summed E-state index contributed by atoms with van der Waals surface area (Å²) in [6.45, 7) is 16.7. The van der Waals surface area contributed by atoms with Crippen LogP contribution in [0.5, 0.6) is 0 Å². The zero-order valence-electron chi connectivity index (χ0n) is 57.2. The molecule has 2 atom stereocenters. The minimum atomic E-state index is 0.133. The van der Waals surface area contributed by atoms with Gasteiger partial charge in [0.25, 0.3) is 0 Å². The lowest BCUT2D eigenvalue weighted by Gasteiger charge is -2.19. The lowest BCUT2D eigenvalue weighted by Crippen LogP contribution is -2.20. The van der Waals surface area contributed by atoms with Gasteiger partial charge in [-0.05, 0) is 143 Å². The number of nitrogen functional groups attached to an aromatic ring is 5. The molecular formula is C74H80Cl10N18. The lowest BCUT2D eigenvalue weighted by atomic mass is 9.97. The number of nitrogens with two attached hydrogens (primary N) is 5. The minimum absolute atomic E-state index is 0.133. The van der Waals surface area contributed by atoms with E-state index in [4.69, 9.17) is 145 Å². The van der Waals surface area contributed by atoms with Gasteiger partial charge in [-0.25, -0.2) is 34.9 Å². The number of nitrogens with one attached hydrogen (secondary N) is 3. The summed E-state index contributed by atoms with van der Waals surface area (Å²) >= 11 is 61.4. The van der Waals surface area contributed by atoms with Crippen LogP contribution in [0.3, 0.4) is 0 Å². The first-order chi connectivity index (χ1) is 48.4. The molecule has 13 N–H and O–H groups in total. The first-order valence-corrected chi connectivity index (χ1v) is 36.9. The van der Waals surface area contributed by atoms with Crippen molar-refractivity contribution in [3.8, 4) is 56.3 Å². The Morgan fingerprint density at radius 1 is 0.373 bits per heavy atom. The highest BCUT2D eigenvalue weighted by atomic mass is 35.5. The van der Waals surface area contributed by atoms with Gasteiger partial charge in [-0.3, -0.25) is 0 Å². The fourth-order valence-corrected chi connectivity index (χ4v) is 12.6. The number of rotatable bonds is 18. The van der Waals surface area contributed by atoms with Crippen LogP contribution in [-0.2, 0) is 12.8 Å². The summed E-state index contributed by atoms with van der Waals surface area (Å²) in [4.78, 5) is 42.5. The zero-order valence-corrected chi connectivity index (χ0v) is 64.8. The van der Waals surface area contributed by atoms with Crippen LogP contribution in [0.2, 0.25) is 50.2 Å². The van der Waals surface area contributed by atoms with Crippen molar-refractivity contribution in [1.29, 1.82) is 0 Å².